The summed E-state index contributed by atoms with van der Waals surface area (Å²) in [5, 5.41) is 2.90. The smallest absolute Gasteiger partial charge is 0.248 e. The second-order valence-electron chi connectivity index (χ2n) is 7.25. The van der Waals surface area contributed by atoms with Gasteiger partial charge in [-0.15, -0.1) is 0 Å². The SMILES string of the molecule is CC1(C)CCC(CN2CC(=O)NC(C)(C3CC3)C2=O)O1. The van der Waals surface area contributed by atoms with Gasteiger partial charge in [-0.1, -0.05) is 0 Å². The van der Waals surface area contributed by atoms with Crippen molar-refractivity contribution in [1.29, 1.82) is 0 Å². The fourth-order valence-corrected chi connectivity index (χ4v) is 3.49. The normalized spacial score (nSPS) is 37.1. The van der Waals surface area contributed by atoms with Crippen molar-refractivity contribution in [2.75, 3.05) is 13.1 Å². The molecule has 0 spiro atoms. The van der Waals surface area contributed by atoms with Crippen LogP contribution in [0.4, 0.5) is 0 Å². The highest BCUT2D eigenvalue weighted by Gasteiger charge is 2.53. The van der Waals surface area contributed by atoms with E-state index in [4.69, 9.17) is 4.74 Å². The Labute approximate surface area is 120 Å². The zero-order valence-electron chi connectivity index (χ0n) is 12.6. The molecular formula is C15H24N2O3. The van der Waals surface area contributed by atoms with Crippen molar-refractivity contribution < 1.29 is 14.3 Å². The minimum absolute atomic E-state index is 0.0451. The van der Waals surface area contributed by atoms with Gasteiger partial charge < -0.3 is 15.0 Å². The minimum atomic E-state index is -0.691. The average Bonchev–Trinajstić information content (AvgIpc) is 3.12. The summed E-state index contributed by atoms with van der Waals surface area (Å²) in [6.45, 7) is 6.73. The lowest BCUT2D eigenvalue weighted by molar-refractivity contribution is -0.152. The molecule has 3 aliphatic rings. The number of carbonyl (C=O) groups excluding carboxylic acids is 2. The molecule has 3 fully saturated rings. The van der Waals surface area contributed by atoms with Crippen LogP contribution in [0.3, 0.4) is 0 Å². The third kappa shape index (κ3) is 2.43. The lowest BCUT2D eigenvalue weighted by Gasteiger charge is -2.41. The van der Waals surface area contributed by atoms with Crippen molar-refractivity contribution in [2.24, 2.45) is 5.92 Å². The number of ether oxygens (including phenoxy) is 1. The fraction of sp³-hybridized carbons (Fsp3) is 0.867. The number of carbonyl (C=O) groups is 2. The lowest BCUT2D eigenvalue weighted by atomic mass is 9.91. The third-order valence-electron chi connectivity index (χ3n) is 4.84. The van der Waals surface area contributed by atoms with Gasteiger partial charge in [-0.3, -0.25) is 9.59 Å². The van der Waals surface area contributed by atoms with Gasteiger partial charge in [0.1, 0.15) is 5.54 Å². The van der Waals surface area contributed by atoms with Gasteiger partial charge >= 0.3 is 0 Å². The van der Waals surface area contributed by atoms with Crippen LogP contribution in [0.15, 0.2) is 0 Å². The van der Waals surface area contributed by atoms with E-state index in [0.717, 1.165) is 25.7 Å². The van der Waals surface area contributed by atoms with Crippen LogP contribution >= 0.6 is 0 Å². The van der Waals surface area contributed by atoms with E-state index in [1.165, 1.54) is 0 Å². The van der Waals surface area contributed by atoms with Crippen LogP contribution in [0.25, 0.3) is 0 Å². The maximum Gasteiger partial charge on any atom is 0.248 e. The summed E-state index contributed by atoms with van der Waals surface area (Å²) in [6, 6.07) is 0. The Balaban J connectivity index is 1.69. The van der Waals surface area contributed by atoms with Crippen molar-refractivity contribution in [3.05, 3.63) is 0 Å². The number of hydrogen-bond donors (Lipinski definition) is 1. The van der Waals surface area contributed by atoms with E-state index >= 15 is 0 Å². The van der Waals surface area contributed by atoms with Crippen LogP contribution in [-0.4, -0.2) is 47.0 Å². The highest BCUT2D eigenvalue weighted by molar-refractivity contribution is 5.98. The summed E-state index contributed by atoms with van der Waals surface area (Å²) in [5.41, 5.74) is -0.797. The molecule has 0 aromatic heterocycles. The van der Waals surface area contributed by atoms with Crippen molar-refractivity contribution in [3.63, 3.8) is 0 Å². The van der Waals surface area contributed by atoms with Gasteiger partial charge in [0, 0.05) is 6.54 Å². The molecule has 5 nitrogen and oxygen atoms in total. The first-order chi connectivity index (χ1) is 9.30. The molecule has 0 aromatic carbocycles. The monoisotopic (exact) mass is 280 g/mol. The maximum absolute atomic E-state index is 12.7. The molecule has 1 saturated carbocycles. The molecule has 2 atom stereocenters. The molecule has 0 bridgehead atoms. The summed E-state index contributed by atoms with van der Waals surface area (Å²) in [5.74, 6) is 0.326. The van der Waals surface area contributed by atoms with Crippen molar-refractivity contribution in [2.45, 2.75) is 63.7 Å². The summed E-state index contributed by atoms with van der Waals surface area (Å²) in [7, 11) is 0. The zero-order valence-corrected chi connectivity index (χ0v) is 12.6. The third-order valence-corrected chi connectivity index (χ3v) is 4.84. The molecule has 0 aromatic rings. The average molecular weight is 280 g/mol. The Kier molecular flexibility index (Phi) is 3.08. The summed E-state index contributed by atoms with van der Waals surface area (Å²) in [4.78, 5) is 26.3. The number of piperazine rings is 1. The van der Waals surface area contributed by atoms with Gasteiger partial charge in [0.05, 0.1) is 18.2 Å². The second kappa shape index (κ2) is 4.45. The van der Waals surface area contributed by atoms with Crippen LogP contribution in [0, 0.1) is 5.92 Å². The summed E-state index contributed by atoms with van der Waals surface area (Å²) in [6.07, 6.45) is 4.08. The first kappa shape index (κ1) is 13.9. The highest BCUT2D eigenvalue weighted by atomic mass is 16.5. The van der Waals surface area contributed by atoms with E-state index in [-0.39, 0.29) is 30.1 Å². The van der Waals surface area contributed by atoms with Gasteiger partial charge in [0.15, 0.2) is 0 Å². The summed E-state index contributed by atoms with van der Waals surface area (Å²) < 4.78 is 5.95. The Morgan fingerprint density at radius 3 is 2.50 bits per heavy atom. The molecule has 2 heterocycles. The Morgan fingerprint density at radius 2 is 1.95 bits per heavy atom. The van der Waals surface area contributed by atoms with Crippen LogP contribution in [0.5, 0.6) is 0 Å². The molecular weight excluding hydrogens is 256 g/mol. The lowest BCUT2D eigenvalue weighted by Crippen LogP contribution is -2.67. The molecule has 0 radical (unpaired) electrons. The summed E-state index contributed by atoms with van der Waals surface area (Å²) >= 11 is 0. The van der Waals surface area contributed by atoms with E-state index in [9.17, 15) is 9.59 Å². The van der Waals surface area contributed by atoms with Crippen LogP contribution in [0.1, 0.15) is 46.5 Å². The topological polar surface area (TPSA) is 58.6 Å². The maximum atomic E-state index is 12.7. The van der Waals surface area contributed by atoms with Gasteiger partial charge in [0.25, 0.3) is 0 Å². The van der Waals surface area contributed by atoms with Crippen LogP contribution in [0.2, 0.25) is 0 Å². The van der Waals surface area contributed by atoms with Crippen molar-refractivity contribution in [3.8, 4) is 0 Å². The molecule has 112 valence electrons. The molecule has 1 aliphatic carbocycles. The predicted molar refractivity (Wildman–Crippen MR) is 74.0 cm³/mol. The van der Waals surface area contributed by atoms with Gasteiger partial charge in [0.2, 0.25) is 11.8 Å². The molecule has 2 amide bonds. The number of hydrogen-bond acceptors (Lipinski definition) is 3. The van der Waals surface area contributed by atoms with Gasteiger partial charge in [-0.25, -0.2) is 0 Å². The number of rotatable bonds is 3. The molecule has 2 saturated heterocycles. The van der Waals surface area contributed by atoms with Crippen LogP contribution < -0.4 is 5.32 Å². The van der Waals surface area contributed by atoms with E-state index in [2.05, 4.69) is 19.2 Å². The molecule has 3 rings (SSSR count). The molecule has 2 unspecified atom stereocenters. The number of amides is 2. The van der Waals surface area contributed by atoms with Crippen LogP contribution in [-0.2, 0) is 14.3 Å². The Morgan fingerprint density at radius 1 is 1.25 bits per heavy atom. The quantitative estimate of drug-likeness (QED) is 0.841. The first-order valence-corrected chi connectivity index (χ1v) is 7.58. The largest absolute Gasteiger partial charge is 0.371 e. The van der Waals surface area contributed by atoms with Crippen molar-refractivity contribution in [1.82, 2.24) is 10.2 Å². The highest BCUT2D eigenvalue weighted by Crippen LogP contribution is 2.41. The Hall–Kier alpha value is -1.10. The molecule has 5 heteroatoms. The van der Waals surface area contributed by atoms with E-state index in [0.29, 0.717) is 12.5 Å². The molecule has 20 heavy (non-hydrogen) atoms. The second-order valence-corrected chi connectivity index (χ2v) is 7.25. The van der Waals surface area contributed by atoms with Gasteiger partial charge in [-0.05, 0) is 52.4 Å². The van der Waals surface area contributed by atoms with E-state index in [1.807, 2.05) is 6.92 Å². The molecule has 2 aliphatic heterocycles. The minimum Gasteiger partial charge on any atom is -0.371 e. The number of nitrogens with zero attached hydrogens (tertiary/aromatic N) is 1. The van der Waals surface area contributed by atoms with Crippen molar-refractivity contribution >= 4 is 11.8 Å². The number of nitrogens with one attached hydrogen (secondary N) is 1. The van der Waals surface area contributed by atoms with E-state index in [1.54, 1.807) is 4.90 Å². The van der Waals surface area contributed by atoms with E-state index < -0.39 is 5.54 Å². The Bertz CT molecular complexity index is 444. The predicted octanol–water partition coefficient (Wildman–Crippen LogP) is 1.07. The van der Waals surface area contributed by atoms with Gasteiger partial charge in [-0.2, -0.15) is 0 Å². The molecule has 1 N–H and O–H groups in total. The first-order valence-electron chi connectivity index (χ1n) is 7.58. The zero-order chi connectivity index (χ0) is 14.5. The fourth-order valence-electron chi connectivity index (χ4n) is 3.49. The standard InChI is InChI=1S/C15H24N2O3/c1-14(2)7-6-11(20-14)8-17-9-12(18)16-15(3,13(17)19)10-4-5-10/h10-11H,4-9H2,1-3H3,(H,16,18).